The van der Waals surface area contributed by atoms with Gasteiger partial charge in [0, 0.05) is 25.3 Å². The minimum absolute atomic E-state index is 0.0259. The van der Waals surface area contributed by atoms with Crippen LogP contribution < -0.4 is 10.6 Å². The van der Waals surface area contributed by atoms with Crippen molar-refractivity contribution in [2.75, 3.05) is 31.5 Å². The molecular formula is C16H26N4O. The summed E-state index contributed by atoms with van der Waals surface area (Å²) in [5.41, 5.74) is 1.48. The van der Waals surface area contributed by atoms with E-state index in [1.165, 1.54) is 12.8 Å². The van der Waals surface area contributed by atoms with Gasteiger partial charge in [0.1, 0.15) is 0 Å². The third-order valence-electron chi connectivity index (χ3n) is 3.95. The van der Waals surface area contributed by atoms with E-state index in [2.05, 4.69) is 34.4 Å². The molecule has 2 rings (SSSR count). The zero-order chi connectivity index (χ0) is 15.1. The molecule has 2 N–H and O–H groups in total. The van der Waals surface area contributed by atoms with E-state index in [4.69, 9.17) is 0 Å². The molecule has 0 saturated carbocycles. The van der Waals surface area contributed by atoms with Gasteiger partial charge in [-0.05, 0) is 45.3 Å². The molecule has 0 aromatic carbocycles. The van der Waals surface area contributed by atoms with Gasteiger partial charge < -0.3 is 10.6 Å². The van der Waals surface area contributed by atoms with Crippen LogP contribution in [0.1, 0.15) is 43.5 Å². The van der Waals surface area contributed by atoms with Crippen LogP contribution >= 0.6 is 0 Å². The first-order valence-electron chi connectivity index (χ1n) is 7.92. The molecule has 0 radical (unpaired) electrons. The van der Waals surface area contributed by atoms with Crippen molar-refractivity contribution in [3.8, 4) is 0 Å². The van der Waals surface area contributed by atoms with Gasteiger partial charge in [-0.3, -0.25) is 14.7 Å². The first-order chi connectivity index (χ1) is 10.2. The topological polar surface area (TPSA) is 57.3 Å². The number of likely N-dealkylation sites (tertiary alicyclic amines) is 1. The summed E-state index contributed by atoms with van der Waals surface area (Å²) >= 11 is 0. The molecule has 1 aromatic heterocycles. The summed E-state index contributed by atoms with van der Waals surface area (Å²) in [6.07, 6.45) is 6.94. The number of nitrogens with one attached hydrogen (secondary N) is 2. The van der Waals surface area contributed by atoms with Crippen LogP contribution in [0.15, 0.2) is 18.5 Å². The summed E-state index contributed by atoms with van der Waals surface area (Å²) in [6.45, 7) is 8.10. The summed E-state index contributed by atoms with van der Waals surface area (Å²) in [5.74, 6) is -0.0259. The molecule has 0 bridgehead atoms. The molecule has 5 heteroatoms. The summed E-state index contributed by atoms with van der Waals surface area (Å²) in [7, 11) is 0. The van der Waals surface area contributed by atoms with Crippen LogP contribution in [-0.2, 0) is 0 Å². The fourth-order valence-electron chi connectivity index (χ4n) is 2.64. The minimum Gasteiger partial charge on any atom is -0.383 e. The molecule has 5 nitrogen and oxygen atoms in total. The Hall–Kier alpha value is -1.62. The summed E-state index contributed by atoms with van der Waals surface area (Å²) in [5, 5.41) is 6.30. The number of nitrogens with zero attached hydrogens (tertiary/aromatic N) is 2. The lowest BCUT2D eigenvalue weighted by Crippen LogP contribution is -2.40. The van der Waals surface area contributed by atoms with Crippen LogP contribution in [0.5, 0.6) is 0 Å². The Bertz CT molecular complexity index is 457. The lowest BCUT2D eigenvalue weighted by atomic mass is 10.2. The quantitative estimate of drug-likeness (QED) is 0.807. The van der Waals surface area contributed by atoms with Crippen molar-refractivity contribution >= 4 is 11.6 Å². The SMILES string of the molecule is CCCNc1cnccc1C(=O)NCC(C)N1CCCC1. The zero-order valence-electron chi connectivity index (χ0n) is 13.1. The monoisotopic (exact) mass is 290 g/mol. The highest BCUT2D eigenvalue weighted by Crippen LogP contribution is 2.14. The maximum Gasteiger partial charge on any atom is 0.253 e. The average molecular weight is 290 g/mol. The number of pyridine rings is 1. The molecule has 1 aliphatic heterocycles. The van der Waals surface area contributed by atoms with Crippen molar-refractivity contribution in [1.29, 1.82) is 0 Å². The number of anilines is 1. The molecule has 1 fully saturated rings. The summed E-state index contributed by atoms with van der Waals surface area (Å²) < 4.78 is 0. The first-order valence-corrected chi connectivity index (χ1v) is 7.92. The molecule has 1 saturated heterocycles. The van der Waals surface area contributed by atoms with Crippen LogP contribution in [0.4, 0.5) is 5.69 Å². The Balaban J connectivity index is 1.90. The van der Waals surface area contributed by atoms with E-state index >= 15 is 0 Å². The number of carbonyl (C=O) groups excluding carboxylic acids is 1. The van der Waals surface area contributed by atoms with Crippen molar-refractivity contribution in [3.05, 3.63) is 24.0 Å². The van der Waals surface area contributed by atoms with Crippen molar-refractivity contribution < 1.29 is 4.79 Å². The van der Waals surface area contributed by atoms with E-state index in [9.17, 15) is 4.79 Å². The van der Waals surface area contributed by atoms with Gasteiger partial charge in [0.15, 0.2) is 0 Å². The first kappa shape index (κ1) is 15.8. The summed E-state index contributed by atoms with van der Waals surface area (Å²) in [6, 6.07) is 2.17. The highest BCUT2D eigenvalue weighted by molar-refractivity contribution is 5.99. The predicted molar refractivity (Wildman–Crippen MR) is 85.6 cm³/mol. The molecule has 116 valence electrons. The summed E-state index contributed by atoms with van der Waals surface area (Å²) in [4.78, 5) is 18.9. The number of amides is 1. The van der Waals surface area contributed by atoms with Gasteiger partial charge in [0.2, 0.25) is 0 Å². The fraction of sp³-hybridized carbons (Fsp3) is 0.625. The Labute approximate surface area is 127 Å². The van der Waals surface area contributed by atoms with Crippen LogP contribution in [0.25, 0.3) is 0 Å². The number of hydrogen-bond acceptors (Lipinski definition) is 4. The lowest BCUT2D eigenvalue weighted by Gasteiger charge is -2.24. The molecule has 1 aliphatic rings. The molecule has 1 aromatic rings. The van der Waals surface area contributed by atoms with Crippen LogP contribution in [-0.4, -0.2) is 48.0 Å². The van der Waals surface area contributed by atoms with Gasteiger partial charge in [0.05, 0.1) is 17.4 Å². The van der Waals surface area contributed by atoms with Crippen molar-refractivity contribution in [2.24, 2.45) is 0 Å². The van der Waals surface area contributed by atoms with Gasteiger partial charge in [-0.2, -0.15) is 0 Å². The zero-order valence-corrected chi connectivity index (χ0v) is 13.1. The maximum atomic E-state index is 12.4. The van der Waals surface area contributed by atoms with E-state index in [-0.39, 0.29) is 5.91 Å². The fourth-order valence-corrected chi connectivity index (χ4v) is 2.64. The number of aromatic nitrogens is 1. The normalized spacial score (nSPS) is 16.7. The Morgan fingerprint density at radius 3 is 2.90 bits per heavy atom. The minimum atomic E-state index is -0.0259. The van der Waals surface area contributed by atoms with Gasteiger partial charge in [-0.1, -0.05) is 6.92 Å². The highest BCUT2D eigenvalue weighted by Gasteiger charge is 2.19. The Morgan fingerprint density at radius 2 is 2.19 bits per heavy atom. The number of hydrogen-bond donors (Lipinski definition) is 2. The van der Waals surface area contributed by atoms with Crippen molar-refractivity contribution in [1.82, 2.24) is 15.2 Å². The molecule has 0 aliphatic carbocycles. The molecule has 1 amide bonds. The molecule has 1 unspecified atom stereocenters. The number of rotatable bonds is 7. The third kappa shape index (κ3) is 4.43. The smallest absolute Gasteiger partial charge is 0.253 e. The van der Waals surface area contributed by atoms with Crippen molar-refractivity contribution in [3.63, 3.8) is 0 Å². The van der Waals surface area contributed by atoms with Gasteiger partial charge in [0.25, 0.3) is 5.91 Å². The molecule has 21 heavy (non-hydrogen) atoms. The van der Waals surface area contributed by atoms with E-state index in [1.807, 2.05) is 0 Å². The van der Waals surface area contributed by atoms with Gasteiger partial charge in [-0.15, -0.1) is 0 Å². The van der Waals surface area contributed by atoms with Crippen molar-refractivity contribution in [2.45, 2.75) is 39.2 Å². The Kier molecular flexibility index (Phi) is 5.99. The van der Waals surface area contributed by atoms with Crippen LogP contribution in [0, 0.1) is 0 Å². The van der Waals surface area contributed by atoms with E-state index in [1.54, 1.807) is 18.5 Å². The largest absolute Gasteiger partial charge is 0.383 e. The second-order valence-electron chi connectivity index (χ2n) is 5.65. The van der Waals surface area contributed by atoms with Gasteiger partial charge >= 0.3 is 0 Å². The molecule has 1 atom stereocenters. The average Bonchev–Trinajstić information content (AvgIpc) is 3.05. The highest BCUT2D eigenvalue weighted by atomic mass is 16.1. The maximum absolute atomic E-state index is 12.4. The van der Waals surface area contributed by atoms with Crippen LogP contribution in [0.3, 0.4) is 0 Å². The van der Waals surface area contributed by atoms with Crippen LogP contribution in [0.2, 0.25) is 0 Å². The third-order valence-corrected chi connectivity index (χ3v) is 3.95. The second-order valence-corrected chi connectivity index (χ2v) is 5.65. The van der Waals surface area contributed by atoms with E-state index in [0.29, 0.717) is 18.2 Å². The molecular weight excluding hydrogens is 264 g/mol. The predicted octanol–water partition coefficient (Wildman–Crippen LogP) is 2.12. The lowest BCUT2D eigenvalue weighted by molar-refractivity contribution is 0.0941. The van der Waals surface area contributed by atoms with E-state index in [0.717, 1.165) is 31.7 Å². The number of carbonyl (C=O) groups is 1. The Morgan fingerprint density at radius 1 is 1.43 bits per heavy atom. The molecule has 0 spiro atoms. The molecule has 2 heterocycles. The standard InChI is InChI=1S/C16H26N4O/c1-3-7-18-15-12-17-8-6-14(15)16(21)19-11-13(2)20-9-4-5-10-20/h6,8,12-13,18H,3-5,7,9-11H2,1-2H3,(H,19,21). The van der Waals surface area contributed by atoms with Gasteiger partial charge in [-0.25, -0.2) is 0 Å². The van der Waals surface area contributed by atoms with E-state index < -0.39 is 0 Å². The second kappa shape index (κ2) is 7.98.